The third-order valence-electron chi connectivity index (χ3n) is 3.69. The van der Waals surface area contributed by atoms with Gasteiger partial charge in [-0.05, 0) is 25.0 Å². The summed E-state index contributed by atoms with van der Waals surface area (Å²) in [5.74, 6) is -0.632. The molecule has 1 N–H and O–H groups in total. The highest BCUT2D eigenvalue weighted by Gasteiger charge is 2.40. The van der Waals surface area contributed by atoms with E-state index in [-0.39, 0.29) is 35.6 Å². The van der Waals surface area contributed by atoms with E-state index in [1.165, 1.54) is 29.4 Å². The average Bonchev–Trinajstić information content (AvgIpc) is 2.46. The van der Waals surface area contributed by atoms with Gasteiger partial charge in [-0.3, -0.25) is 9.59 Å². The maximum atomic E-state index is 12.9. The summed E-state index contributed by atoms with van der Waals surface area (Å²) in [5, 5.41) is 2.70. The van der Waals surface area contributed by atoms with Crippen LogP contribution >= 0.6 is 0 Å². The Bertz CT molecular complexity index is 697. The van der Waals surface area contributed by atoms with E-state index < -0.39 is 16.1 Å². The first kappa shape index (κ1) is 16.6. The lowest BCUT2D eigenvalue weighted by molar-refractivity contribution is -0.128. The molecule has 0 saturated carbocycles. The zero-order valence-corrected chi connectivity index (χ0v) is 13.7. The number of Topliss-reactive ketones (excluding diaryl/α,β-unsaturated/α-hetero) is 1. The Labute approximate surface area is 130 Å². The molecule has 2 rings (SSSR count). The van der Waals surface area contributed by atoms with Crippen LogP contribution in [0.25, 0.3) is 0 Å². The van der Waals surface area contributed by atoms with Crippen LogP contribution < -0.4 is 5.32 Å². The molecule has 6 nitrogen and oxygen atoms in total. The fourth-order valence-electron chi connectivity index (χ4n) is 2.58. The van der Waals surface area contributed by atoms with Crippen LogP contribution in [0.1, 0.15) is 31.1 Å². The lowest BCUT2D eigenvalue weighted by Gasteiger charge is -2.36. The highest BCUT2D eigenvalue weighted by atomic mass is 32.2. The van der Waals surface area contributed by atoms with E-state index in [9.17, 15) is 18.0 Å². The Morgan fingerprint density at radius 2 is 2.05 bits per heavy atom. The highest BCUT2D eigenvalue weighted by Crippen LogP contribution is 2.24. The summed E-state index contributed by atoms with van der Waals surface area (Å²) in [6, 6.07) is 5.19. The minimum absolute atomic E-state index is 0.0422. The number of sulfonamides is 1. The van der Waals surface area contributed by atoms with Crippen LogP contribution in [0.2, 0.25) is 0 Å². The second-order valence-electron chi connectivity index (χ2n) is 5.68. The number of hydrogen-bond acceptors (Lipinski definition) is 4. The van der Waals surface area contributed by atoms with Gasteiger partial charge in [0.05, 0.1) is 4.90 Å². The molecule has 7 heteroatoms. The fourth-order valence-corrected chi connectivity index (χ4v) is 4.35. The van der Waals surface area contributed by atoms with Gasteiger partial charge in [0, 0.05) is 18.7 Å². The molecule has 0 radical (unpaired) electrons. The molecule has 0 aromatic heterocycles. The monoisotopic (exact) mass is 324 g/mol. The summed E-state index contributed by atoms with van der Waals surface area (Å²) in [4.78, 5) is 23.5. The number of nitrogens with zero attached hydrogens (tertiary/aromatic N) is 1. The van der Waals surface area contributed by atoms with Crippen molar-refractivity contribution in [1.29, 1.82) is 0 Å². The number of nitrogens with one attached hydrogen (secondary N) is 1. The topological polar surface area (TPSA) is 83.6 Å². The smallest absolute Gasteiger partial charge is 0.243 e. The minimum atomic E-state index is -3.82. The van der Waals surface area contributed by atoms with E-state index in [1.807, 2.05) is 13.8 Å². The van der Waals surface area contributed by atoms with Crippen LogP contribution in [0.5, 0.6) is 0 Å². The van der Waals surface area contributed by atoms with Crippen molar-refractivity contribution in [2.24, 2.45) is 5.92 Å². The molecule has 1 saturated heterocycles. The van der Waals surface area contributed by atoms with Crippen molar-refractivity contribution in [3.63, 3.8) is 0 Å². The van der Waals surface area contributed by atoms with Gasteiger partial charge in [-0.25, -0.2) is 8.42 Å². The molecule has 1 amide bonds. The molecule has 0 spiro atoms. The second kappa shape index (κ2) is 6.18. The maximum Gasteiger partial charge on any atom is 0.243 e. The molecular weight excluding hydrogens is 304 g/mol. The SMILES string of the molecule is CC(=O)c1cccc(S(=O)(=O)N2CCNC(=O)C2C(C)C)c1. The Kier molecular flexibility index (Phi) is 4.67. The van der Waals surface area contributed by atoms with Gasteiger partial charge in [-0.1, -0.05) is 26.0 Å². The van der Waals surface area contributed by atoms with Gasteiger partial charge in [-0.2, -0.15) is 4.31 Å². The Morgan fingerprint density at radius 1 is 1.36 bits per heavy atom. The summed E-state index contributed by atoms with van der Waals surface area (Å²) in [7, 11) is -3.82. The molecule has 1 atom stereocenters. The number of benzene rings is 1. The van der Waals surface area contributed by atoms with Crippen molar-refractivity contribution in [3.05, 3.63) is 29.8 Å². The van der Waals surface area contributed by atoms with E-state index in [4.69, 9.17) is 0 Å². The van der Waals surface area contributed by atoms with E-state index in [1.54, 1.807) is 6.07 Å². The number of hydrogen-bond donors (Lipinski definition) is 1. The average molecular weight is 324 g/mol. The van der Waals surface area contributed by atoms with Crippen LogP contribution in [-0.2, 0) is 14.8 Å². The van der Waals surface area contributed by atoms with Gasteiger partial charge in [0.2, 0.25) is 15.9 Å². The number of piperazine rings is 1. The van der Waals surface area contributed by atoms with Crippen molar-refractivity contribution >= 4 is 21.7 Å². The molecule has 1 aromatic rings. The van der Waals surface area contributed by atoms with Crippen LogP contribution in [0.3, 0.4) is 0 Å². The molecular formula is C15H20N2O4S. The van der Waals surface area contributed by atoms with Crippen molar-refractivity contribution in [1.82, 2.24) is 9.62 Å². The Balaban J connectivity index is 2.46. The first-order chi connectivity index (χ1) is 10.2. The first-order valence-corrected chi connectivity index (χ1v) is 8.59. The van der Waals surface area contributed by atoms with E-state index >= 15 is 0 Å². The summed E-state index contributed by atoms with van der Waals surface area (Å²) >= 11 is 0. The molecule has 1 aliphatic rings. The molecule has 1 aromatic carbocycles. The second-order valence-corrected chi connectivity index (χ2v) is 7.57. The van der Waals surface area contributed by atoms with Crippen molar-refractivity contribution in [3.8, 4) is 0 Å². The molecule has 1 aliphatic heterocycles. The fraction of sp³-hybridized carbons (Fsp3) is 0.467. The summed E-state index contributed by atoms with van der Waals surface area (Å²) < 4.78 is 26.9. The number of ketones is 1. The Morgan fingerprint density at radius 3 is 2.64 bits per heavy atom. The number of carbonyl (C=O) groups excluding carboxylic acids is 2. The number of carbonyl (C=O) groups is 2. The molecule has 1 fully saturated rings. The van der Waals surface area contributed by atoms with E-state index in [2.05, 4.69) is 5.32 Å². The minimum Gasteiger partial charge on any atom is -0.353 e. The van der Waals surface area contributed by atoms with Gasteiger partial charge in [0.25, 0.3) is 0 Å². The highest BCUT2D eigenvalue weighted by molar-refractivity contribution is 7.89. The summed E-state index contributed by atoms with van der Waals surface area (Å²) in [6.07, 6.45) is 0. The molecule has 120 valence electrons. The standard InChI is InChI=1S/C15H20N2O4S/c1-10(2)14-15(19)16-7-8-17(14)22(20,21)13-6-4-5-12(9-13)11(3)18/h4-6,9-10,14H,7-8H2,1-3H3,(H,16,19). The predicted molar refractivity (Wildman–Crippen MR) is 82.0 cm³/mol. The first-order valence-electron chi connectivity index (χ1n) is 7.15. The lowest BCUT2D eigenvalue weighted by atomic mass is 10.0. The number of amides is 1. The van der Waals surface area contributed by atoms with Gasteiger partial charge in [0.15, 0.2) is 5.78 Å². The van der Waals surface area contributed by atoms with Crippen molar-refractivity contribution < 1.29 is 18.0 Å². The van der Waals surface area contributed by atoms with E-state index in [0.717, 1.165) is 0 Å². The number of rotatable bonds is 4. The summed E-state index contributed by atoms with van der Waals surface area (Å²) in [5.41, 5.74) is 0.337. The summed E-state index contributed by atoms with van der Waals surface area (Å²) in [6.45, 7) is 5.51. The maximum absolute atomic E-state index is 12.9. The van der Waals surface area contributed by atoms with Crippen LogP contribution in [0.4, 0.5) is 0 Å². The molecule has 1 unspecified atom stereocenters. The van der Waals surface area contributed by atoms with Gasteiger partial charge >= 0.3 is 0 Å². The largest absolute Gasteiger partial charge is 0.353 e. The van der Waals surface area contributed by atoms with Crippen LogP contribution in [0, 0.1) is 5.92 Å². The van der Waals surface area contributed by atoms with Crippen LogP contribution in [-0.4, -0.2) is 43.5 Å². The van der Waals surface area contributed by atoms with E-state index in [0.29, 0.717) is 5.56 Å². The van der Waals surface area contributed by atoms with Gasteiger partial charge < -0.3 is 5.32 Å². The quantitative estimate of drug-likeness (QED) is 0.839. The van der Waals surface area contributed by atoms with Crippen molar-refractivity contribution in [2.75, 3.05) is 13.1 Å². The third-order valence-corrected chi connectivity index (χ3v) is 5.57. The zero-order chi connectivity index (χ0) is 16.5. The van der Waals surface area contributed by atoms with Crippen LogP contribution in [0.15, 0.2) is 29.2 Å². The van der Waals surface area contributed by atoms with Crippen molar-refractivity contribution in [2.45, 2.75) is 31.7 Å². The molecule has 1 heterocycles. The van der Waals surface area contributed by atoms with Gasteiger partial charge in [-0.15, -0.1) is 0 Å². The molecule has 0 bridgehead atoms. The Hall–Kier alpha value is -1.73. The third kappa shape index (κ3) is 3.05. The molecule has 22 heavy (non-hydrogen) atoms. The van der Waals surface area contributed by atoms with Gasteiger partial charge in [0.1, 0.15) is 6.04 Å². The normalized spacial score (nSPS) is 20.0. The molecule has 0 aliphatic carbocycles. The predicted octanol–water partition coefficient (Wildman–Crippen LogP) is 1.03. The zero-order valence-electron chi connectivity index (χ0n) is 12.9. The lowest BCUT2D eigenvalue weighted by Crippen LogP contribution is -2.59.